The van der Waals surface area contributed by atoms with Crippen LogP contribution in [0.15, 0.2) is 30.0 Å². The Balaban J connectivity index is 1.26. The summed E-state index contributed by atoms with van der Waals surface area (Å²) in [6.45, 7) is 6.57. The highest BCUT2D eigenvalue weighted by Crippen LogP contribution is 2.38. The van der Waals surface area contributed by atoms with Gasteiger partial charge < -0.3 is 24.4 Å². The van der Waals surface area contributed by atoms with Gasteiger partial charge in [-0.2, -0.15) is 0 Å². The van der Waals surface area contributed by atoms with Crippen molar-refractivity contribution in [2.75, 3.05) is 19.9 Å². The van der Waals surface area contributed by atoms with E-state index in [1.54, 1.807) is 30.9 Å². The Labute approximate surface area is 209 Å². The standard InChI is InChI=1S/C26H31N3O7/c1-4-26(17-7-9-28(10-8-17)22(31)21-12-18(30)13-25(2,3)36-21)23(32)29(24(33)27-26)14-16-5-6-19-20(11-16)35-15-34-19/h5-6,11-12,17H,4,7-10,13-15H2,1-3H3,(H,27,33). The van der Waals surface area contributed by atoms with Crippen molar-refractivity contribution in [3.63, 3.8) is 0 Å². The molecule has 0 aromatic heterocycles. The summed E-state index contributed by atoms with van der Waals surface area (Å²) in [6.07, 6.45) is 3.06. The zero-order chi connectivity index (χ0) is 25.7. The number of rotatable bonds is 5. The summed E-state index contributed by atoms with van der Waals surface area (Å²) in [5, 5.41) is 2.98. The van der Waals surface area contributed by atoms with E-state index in [0.29, 0.717) is 43.9 Å². The monoisotopic (exact) mass is 497 g/mol. The van der Waals surface area contributed by atoms with E-state index < -0.39 is 17.2 Å². The van der Waals surface area contributed by atoms with E-state index in [0.717, 1.165) is 5.56 Å². The molecule has 0 saturated carbocycles. The zero-order valence-electron chi connectivity index (χ0n) is 20.8. The number of carbonyl (C=O) groups is 4. The molecule has 0 bridgehead atoms. The Kier molecular flexibility index (Phi) is 5.92. The van der Waals surface area contributed by atoms with Gasteiger partial charge in [0, 0.05) is 25.6 Å². The van der Waals surface area contributed by atoms with Gasteiger partial charge in [-0.05, 0) is 56.7 Å². The molecule has 4 amide bonds. The average Bonchev–Trinajstić information content (AvgIpc) is 3.40. The molecule has 4 aliphatic rings. The number of ether oxygens (including phenoxy) is 3. The summed E-state index contributed by atoms with van der Waals surface area (Å²) in [5.74, 6) is 0.498. The number of urea groups is 1. The molecule has 1 N–H and O–H groups in total. The molecule has 1 unspecified atom stereocenters. The zero-order valence-corrected chi connectivity index (χ0v) is 20.8. The first-order valence-corrected chi connectivity index (χ1v) is 12.4. The maximum atomic E-state index is 13.6. The predicted octanol–water partition coefficient (Wildman–Crippen LogP) is 2.51. The van der Waals surface area contributed by atoms with Crippen molar-refractivity contribution in [1.82, 2.24) is 15.1 Å². The molecule has 0 radical (unpaired) electrons. The van der Waals surface area contributed by atoms with Gasteiger partial charge in [0.2, 0.25) is 6.79 Å². The van der Waals surface area contributed by atoms with Gasteiger partial charge in [0.05, 0.1) is 6.54 Å². The highest BCUT2D eigenvalue weighted by molar-refractivity contribution is 6.07. The number of nitrogens with zero attached hydrogens (tertiary/aromatic N) is 2. The summed E-state index contributed by atoms with van der Waals surface area (Å²) in [4.78, 5) is 54.5. The number of benzene rings is 1. The third kappa shape index (κ3) is 4.18. The lowest BCUT2D eigenvalue weighted by atomic mass is 9.75. The number of hydrogen-bond acceptors (Lipinski definition) is 7. The number of likely N-dealkylation sites (tertiary alicyclic amines) is 1. The molecule has 0 aliphatic carbocycles. The molecule has 1 aromatic carbocycles. The molecule has 4 heterocycles. The molecule has 36 heavy (non-hydrogen) atoms. The van der Waals surface area contributed by atoms with E-state index in [1.165, 1.54) is 11.0 Å². The first kappa shape index (κ1) is 24.1. The average molecular weight is 498 g/mol. The molecular formula is C26H31N3O7. The third-order valence-electron chi connectivity index (χ3n) is 7.51. The normalized spacial score (nSPS) is 25.5. The first-order chi connectivity index (χ1) is 17.1. The number of ketones is 1. The van der Waals surface area contributed by atoms with Crippen LogP contribution in [0.1, 0.15) is 52.0 Å². The Morgan fingerprint density at radius 1 is 1.11 bits per heavy atom. The summed E-state index contributed by atoms with van der Waals surface area (Å²) in [6, 6.07) is 4.96. The minimum Gasteiger partial charge on any atom is -0.481 e. The number of fused-ring (bicyclic) bond motifs is 1. The molecule has 5 rings (SSSR count). The molecule has 2 saturated heterocycles. The van der Waals surface area contributed by atoms with Crippen molar-refractivity contribution < 1.29 is 33.4 Å². The highest BCUT2D eigenvalue weighted by atomic mass is 16.7. The van der Waals surface area contributed by atoms with Gasteiger partial charge in [0.1, 0.15) is 11.1 Å². The number of nitrogens with one attached hydrogen (secondary N) is 1. The molecule has 10 nitrogen and oxygen atoms in total. The largest absolute Gasteiger partial charge is 0.481 e. The van der Waals surface area contributed by atoms with Crippen LogP contribution < -0.4 is 14.8 Å². The van der Waals surface area contributed by atoms with Crippen LogP contribution in [-0.2, 0) is 25.7 Å². The number of allylic oxidation sites excluding steroid dienone is 1. The molecule has 0 spiro atoms. The van der Waals surface area contributed by atoms with Crippen LogP contribution in [0.4, 0.5) is 4.79 Å². The van der Waals surface area contributed by atoms with Crippen LogP contribution in [0.2, 0.25) is 0 Å². The van der Waals surface area contributed by atoms with Gasteiger partial charge in [0.25, 0.3) is 11.8 Å². The van der Waals surface area contributed by atoms with E-state index in [2.05, 4.69) is 5.32 Å². The quantitative estimate of drug-likeness (QED) is 0.622. The Morgan fingerprint density at radius 2 is 1.83 bits per heavy atom. The fourth-order valence-corrected chi connectivity index (χ4v) is 5.63. The number of carbonyl (C=O) groups excluding carboxylic acids is 4. The number of hydrogen-bond donors (Lipinski definition) is 1. The van der Waals surface area contributed by atoms with Crippen LogP contribution >= 0.6 is 0 Å². The SMILES string of the molecule is CCC1(C2CCN(C(=O)C3=CC(=O)CC(C)(C)O3)CC2)NC(=O)N(Cc2ccc3c(c2)OCO3)C1=O. The second-order valence-corrected chi connectivity index (χ2v) is 10.4. The summed E-state index contributed by atoms with van der Waals surface area (Å²) >= 11 is 0. The Bertz CT molecular complexity index is 1150. The fraction of sp³-hybridized carbons (Fsp3) is 0.538. The van der Waals surface area contributed by atoms with Gasteiger partial charge in [-0.1, -0.05) is 13.0 Å². The number of imide groups is 1. The van der Waals surface area contributed by atoms with Crippen molar-refractivity contribution in [2.45, 2.75) is 64.1 Å². The number of amides is 4. The lowest BCUT2D eigenvalue weighted by Crippen LogP contribution is -2.56. The second-order valence-electron chi connectivity index (χ2n) is 10.4. The van der Waals surface area contributed by atoms with Crippen LogP contribution in [0.3, 0.4) is 0 Å². The van der Waals surface area contributed by atoms with Crippen molar-refractivity contribution >= 4 is 23.6 Å². The molecule has 192 valence electrons. The topological polar surface area (TPSA) is 114 Å². The minimum absolute atomic E-state index is 0.0695. The molecule has 1 atom stereocenters. The lowest BCUT2D eigenvalue weighted by Gasteiger charge is -2.41. The molecular weight excluding hydrogens is 466 g/mol. The number of piperidine rings is 1. The predicted molar refractivity (Wildman–Crippen MR) is 127 cm³/mol. The second kappa shape index (κ2) is 8.83. The van der Waals surface area contributed by atoms with Crippen LogP contribution in [-0.4, -0.2) is 64.5 Å². The molecule has 4 aliphatic heterocycles. The molecule has 1 aromatic rings. The van der Waals surface area contributed by atoms with Crippen molar-refractivity contribution in [3.8, 4) is 11.5 Å². The maximum absolute atomic E-state index is 13.6. The van der Waals surface area contributed by atoms with E-state index in [4.69, 9.17) is 14.2 Å². The van der Waals surface area contributed by atoms with Crippen LogP contribution in [0, 0.1) is 5.92 Å². The fourth-order valence-electron chi connectivity index (χ4n) is 5.63. The van der Waals surface area contributed by atoms with E-state index in [1.807, 2.05) is 13.0 Å². The summed E-state index contributed by atoms with van der Waals surface area (Å²) in [5.41, 5.74) is -0.960. The summed E-state index contributed by atoms with van der Waals surface area (Å²) < 4.78 is 16.5. The van der Waals surface area contributed by atoms with E-state index in [-0.39, 0.29) is 49.0 Å². The van der Waals surface area contributed by atoms with Crippen molar-refractivity contribution in [3.05, 3.63) is 35.6 Å². The van der Waals surface area contributed by atoms with E-state index >= 15 is 0 Å². The molecule has 2 fully saturated rings. The van der Waals surface area contributed by atoms with Gasteiger partial charge >= 0.3 is 6.03 Å². The summed E-state index contributed by atoms with van der Waals surface area (Å²) in [7, 11) is 0. The Hall–Kier alpha value is -3.56. The third-order valence-corrected chi connectivity index (χ3v) is 7.51. The van der Waals surface area contributed by atoms with Gasteiger partial charge in [-0.15, -0.1) is 0 Å². The lowest BCUT2D eigenvalue weighted by molar-refractivity contribution is -0.140. The minimum atomic E-state index is -1.01. The van der Waals surface area contributed by atoms with E-state index in [9.17, 15) is 19.2 Å². The first-order valence-electron chi connectivity index (χ1n) is 12.4. The highest BCUT2D eigenvalue weighted by Gasteiger charge is 2.55. The van der Waals surface area contributed by atoms with Crippen molar-refractivity contribution in [2.24, 2.45) is 5.92 Å². The van der Waals surface area contributed by atoms with Gasteiger partial charge in [0.15, 0.2) is 23.0 Å². The van der Waals surface area contributed by atoms with Crippen LogP contribution in [0.5, 0.6) is 11.5 Å². The molecule has 10 heteroatoms. The smallest absolute Gasteiger partial charge is 0.325 e. The maximum Gasteiger partial charge on any atom is 0.325 e. The van der Waals surface area contributed by atoms with Crippen molar-refractivity contribution in [1.29, 1.82) is 0 Å². The Morgan fingerprint density at radius 3 is 2.53 bits per heavy atom. The van der Waals surface area contributed by atoms with Gasteiger partial charge in [-0.25, -0.2) is 4.79 Å². The van der Waals surface area contributed by atoms with Gasteiger partial charge in [-0.3, -0.25) is 19.3 Å². The van der Waals surface area contributed by atoms with Crippen LogP contribution in [0.25, 0.3) is 0 Å².